The Balaban J connectivity index is 1.53. The minimum Gasteiger partial charge on any atom is -0.454 e. The van der Waals surface area contributed by atoms with Crippen LogP contribution in [0.5, 0.6) is 11.5 Å². The van der Waals surface area contributed by atoms with Gasteiger partial charge in [0, 0.05) is 24.4 Å². The van der Waals surface area contributed by atoms with E-state index in [0.29, 0.717) is 5.75 Å². The van der Waals surface area contributed by atoms with Gasteiger partial charge in [-0.15, -0.1) is 5.10 Å². The molecule has 0 fully saturated rings. The maximum absolute atomic E-state index is 13.5. The number of rotatable bonds is 3. The first kappa shape index (κ1) is 16.3. The molecule has 5 rings (SSSR count). The van der Waals surface area contributed by atoms with Crippen LogP contribution >= 0.6 is 22.9 Å². The zero-order valence-corrected chi connectivity index (χ0v) is 15.6. The van der Waals surface area contributed by atoms with Crippen LogP contribution in [0.2, 0.25) is 5.02 Å². The van der Waals surface area contributed by atoms with Crippen molar-refractivity contribution in [1.82, 2.24) is 14.6 Å². The van der Waals surface area contributed by atoms with Gasteiger partial charge in [-0.05, 0) is 30.3 Å². The Kier molecular flexibility index (Phi) is 3.70. The van der Waals surface area contributed by atoms with Crippen molar-refractivity contribution in [2.45, 2.75) is 0 Å². The number of hydrogen-bond acceptors (Lipinski definition) is 6. The van der Waals surface area contributed by atoms with Gasteiger partial charge in [0.25, 0.3) is 0 Å². The van der Waals surface area contributed by atoms with E-state index in [0.717, 1.165) is 32.8 Å². The van der Waals surface area contributed by atoms with E-state index in [1.807, 2.05) is 30.1 Å². The lowest BCUT2D eigenvalue weighted by molar-refractivity contribution is 0.174. The molecule has 0 bridgehead atoms. The van der Waals surface area contributed by atoms with Crippen molar-refractivity contribution < 1.29 is 13.9 Å². The number of aromatic nitrogens is 3. The highest BCUT2D eigenvalue weighted by atomic mass is 35.5. The largest absolute Gasteiger partial charge is 0.454 e. The van der Waals surface area contributed by atoms with Gasteiger partial charge in [-0.1, -0.05) is 22.9 Å². The number of benzene rings is 2. The van der Waals surface area contributed by atoms with Crippen molar-refractivity contribution in [1.29, 1.82) is 0 Å². The van der Waals surface area contributed by atoms with Crippen LogP contribution in [-0.2, 0) is 0 Å². The summed E-state index contributed by atoms with van der Waals surface area (Å²) in [5.41, 5.74) is 2.41. The molecule has 0 N–H and O–H groups in total. The predicted octanol–water partition coefficient (Wildman–Crippen LogP) is 4.75. The van der Waals surface area contributed by atoms with E-state index < -0.39 is 5.82 Å². The highest BCUT2D eigenvalue weighted by molar-refractivity contribution is 7.20. The monoisotopic (exact) mass is 402 g/mol. The summed E-state index contributed by atoms with van der Waals surface area (Å²) in [5, 5.41) is 5.48. The molecule has 1 aliphatic heterocycles. The van der Waals surface area contributed by atoms with Crippen LogP contribution in [0.15, 0.2) is 42.6 Å². The minimum absolute atomic E-state index is 0.0652. The minimum atomic E-state index is -0.456. The summed E-state index contributed by atoms with van der Waals surface area (Å²) in [6, 6.07) is 10.3. The van der Waals surface area contributed by atoms with E-state index in [4.69, 9.17) is 21.1 Å². The molecule has 0 saturated carbocycles. The van der Waals surface area contributed by atoms with Crippen molar-refractivity contribution in [3.8, 4) is 22.8 Å². The summed E-state index contributed by atoms with van der Waals surface area (Å²) >= 11 is 7.36. The highest BCUT2D eigenvalue weighted by Gasteiger charge is 2.19. The van der Waals surface area contributed by atoms with E-state index >= 15 is 0 Å². The SMILES string of the molecule is CN(c1ccc2c(c1)OCO2)c1nn2c(-c3ccc(F)c(Cl)c3)cnc2s1. The Labute approximate surface area is 162 Å². The molecule has 0 saturated heterocycles. The molecule has 0 atom stereocenters. The van der Waals surface area contributed by atoms with Crippen LogP contribution in [0.1, 0.15) is 0 Å². The maximum atomic E-state index is 13.5. The molecule has 2 aromatic heterocycles. The van der Waals surface area contributed by atoms with Crippen LogP contribution in [0.25, 0.3) is 16.2 Å². The second-order valence-electron chi connectivity index (χ2n) is 5.95. The topological polar surface area (TPSA) is 51.9 Å². The number of hydrogen-bond donors (Lipinski definition) is 0. The number of imidazole rings is 1. The van der Waals surface area contributed by atoms with E-state index in [9.17, 15) is 4.39 Å². The van der Waals surface area contributed by atoms with Crippen LogP contribution in [-0.4, -0.2) is 28.4 Å². The van der Waals surface area contributed by atoms with Crippen molar-refractivity contribution in [2.75, 3.05) is 18.7 Å². The van der Waals surface area contributed by atoms with Crippen molar-refractivity contribution >= 4 is 38.7 Å². The molecular weight excluding hydrogens is 391 g/mol. The lowest BCUT2D eigenvalue weighted by Gasteiger charge is -2.15. The van der Waals surface area contributed by atoms with E-state index in [1.54, 1.807) is 22.8 Å². The number of fused-ring (bicyclic) bond motifs is 2. The average Bonchev–Trinajstić information content (AvgIpc) is 3.37. The molecule has 1 aliphatic rings. The van der Waals surface area contributed by atoms with E-state index in [1.165, 1.54) is 17.4 Å². The Bertz CT molecular complexity index is 1180. The molecule has 0 spiro atoms. The third-order valence-electron chi connectivity index (χ3n) is 4.32. The molecule has 27 heavy (non-hydrogen) atoms. The molecule has 9 heteroatoms. The first-order valence-corrected chi connectivity index (χ1v) is 9.23. The molecule has 2 aromatic carbocycles. The zero-order chi connectivity index (χ0) is 18.5. The maximum Gasteiger partial charge on any atom is 0.231 e. The van der Waals surface area contributed by atoms with Gasteiger partial charge in [-0.3, -0.25) is 0 Å². The number of anilines is 2. The van der Waals surface area contributed by atoms with E-state index in [2.05, 4.69) is 10.1 Å². The van der Waals surface area contributed by atoms with Crippen LogP contribution in [0.4, 0.5) is 15.2 Å². The first-order valence-electron chi connectivity index (χ1n) is 8.03. The van der Waals surface area contributed by atoms with Gasteiger partial charge in [0.1, 0.15) is 5.82 Å². The van der Waals surface area contributed by atoms with Crippen LogP contribution in [0, 0.1) is 5.82 Å². The first-order chi connectivity index (χ1) is 13.1. The summed E-state index contributed by atoms with van der Waals surface area (Å²) in [5.74, 6) is 0.988. The molecule has 0 aliphatic carbocycles. The van der Waals surface area contributed by atoms with Gasteiger partial charge < -0.3 is 14.4 Å². The average molecular weight is 403 g/mol. The van der Waals surface area contributed by atoms with Gasteiger partial charge in [0.05, 0.1) is 16.9 Å². The Morgan fingerprint density at radius 3 is 2.89 bits per heavy atom. The number of nitrogens with zero attached hydrogens (tertiary/aromatic N) is 4. The van der Waals surface area contributed by atoms with Gasteiger partial charge >= 0.3 is 0 Å². The fourth-order valence-corrected chi connectivity index (χ4v) is 3.91. The van der Waals surface area contributed by atoms with E-state index in [-0.39, 0.29) is 11.8 Å². The van der Waals surface area contributed by atoms with Crippen molar-refractivity contribution in [3.63, 3.8) is 0 Å². The lowest BCUT2D eigenvalue weighted by atomic mass is 10.2. The molecule has 0 unspecified atom stereocenters. The highest BCUT2D eigenvalue weighted by Crippen LogP contribution is 2.38. The standard InChI is InChI=1S/C18H12ClFN4O2S/c1-23(11-3-5-15-16(7-11)26-9-25-15)18-22-24-14(8-21-17(24)27-18)10-2-4-13(20)12(19)6-10/h2-8H,9H2,1H3. The molecule has 0 amide bonds. The normalized spacial score (nSPS) is 12.7. The quantitative estimate of drug-likeness (QED) is 0.495. The fourth-order valence-electron chi connectivity index (χ4n) is 2.87. The van der Waals surface area contributed by atoms with Crippen molar-refractivity contribution in [2.24, 2.45) is 0 Å². The molecule has 3 heterocycles. The molecule has 136 valence electrons. The third-order valence-corrected chi connectivity index (χ3v) is 5.61. The zero-order valence-electron chi connectivity index (χ0n) is 14.0. The van der Waals surface area contributed by atoms with Gasteiger partial charge in [-0.2, -0.15) is 0 Å². The second-order valence-corrected chi connectivity index (χ2v) is 7.29. The summed E-state index contributed by atoms with van der Waals surface area (Å²) in [4.78, 5) is 7.09. The lowest BCUT2D eigenvalue weighted by Crippen LogP contribution is -2.09. The molecule has 6 nitrogen and oxygen atoms in total. The predicted molar refractivity (Wildman–Crippen MR) is 102 cm³/mol. The third kappa shape index (κ3) is 2.68. The van der Waals surface area contributed by atoms with Gasteiger partial charge in [0.15, 0.2) is 11.5 Å². The van der Waals surface area contributed by atoms with Crippen LogP contribution < -0.4 is 14.4 Å². The van der Waals surface area contributed by atoms with Crippen molar-refractivity contribution in [3.05, 3.63) is 53.4 Å². The van der Waals surface area contributed by atoms with Gasteiger partial charge in [-0.25, -0.2) is 13.9 Å². The fraction of sp³-hybridized carbons (Fsp3) is 0.111. The second kappa shape index (κ2) is 6.11. The smallest absolute Gasteiger partial charge is 0.231 e. The molecule has 4 aromatic rings. The number of ether oxygens (including phenoxy) is 2. The molecule has 0 radical (unpaired) electrons. The number of halogens is 2. The summed E-state index contributed by atoms with van der Waals surface area (Å²) in [6.45, 7) is 0.233. The summed E-state index contributed by atoms with van der Waals surface area (Å²) in [6.07, 6.45) is 1.70. The molecular formula is C18H12ClFN4O2S. The van der Waals surface area contributed by atoms with Gasteiger partial charge in [0.2, 0.25) is 16.9 Å². The Morgan fingerprint density at radius 2 is 2.04 bits per heavy atom. The summed E-state index contributed by atoms with van der Waals surface area (Å²) in [7, 11) is 1.92. The Morgan fingerprint density at radius 1 is 1.19 bits per heavy atom. The summed E-state index contributed by atoms with van der Waals surface area (Å²) < 4.78 is 26.0. The Hall–Kier alpha value is -2.84. The van der Waals surface area contributed by atoms with Crippen LogP contribution in [0.3, 0.4) is 0 Å².